The van der Waals surface area contributed by atoms with Crippen LogP contribution in [0.25, 0.3) is 0 Å². The van der Waals surface area contributed by atoms with E-state index in [0.717, 1.165) is 30.4 Å². The molecule has 45 heavy (non-hydrogen) atoms. The van der Waals surface area contributed by atoms with Crippen LogP contribution in [-0.4, -0.2) is 66.7 Å². The number of nitrogens with zero attached hydrogens (tertiary/aromatic N) is 1. The van der Waals surface area contributed by atoms with Gasteiger partial charge in [-0.1, -0.05) is 56.0 Å². The molecule has 1 aliphatic heterocycles. The van der Waals surface area contributed by atoms with E-state index in [1.807, 2.05) is 30.3 Å². The predicted octanol–water partition coefficient (Wildman–Crippen LogP) is 6.55. The summed E-state index contributed by atoms with van der Waals surface area (Å²) in [6, 6.07) is 11.3. The summed E-state index contributed by atoms with van der Waals surface area (Å²) >= 11 is 0. The maximum absolute atomic E-state index is 14.2. The third-order valence-electron chi connectivity index (χ3n) is 8.19. The third-order valence-corrected chi connectivity index (χ3v) is 8.19. The molecule has 4 rings (SSSR count). The number of nitrogens with one attached hydrogen (secondary N) is 1. The molecule has 2 aromatic carbocycles. The molecule has 4 unspecified atom stereocenters. The average Bonchev–Trinajstić information content (AvgIpc) is 3.48. The number of rotatable bonds is 13. The smallest absolute Gasteiger partial charge is 0.410 e. The van der Waals surface area contributed by atoms with E-state index in [0.29, 0.717) is 12.2 Å². The lowest BCUT2D eigenvalue weighted by atomic mass is 9.94. The van der Waals surface area contributed by atoms with Crippen molar-refractivity contribution in [3.05, 3.63) is 71.3 Å². The number of morpholine rings is 1. The molecule has 8 nitrogen and oxygen atoms in total. The molecule has 10 heteroatoms. The molecule has 0 bridgehead atoms. The number of halogens is 2. The second-order valence-corrected chi connectivity index (χ2v) is 13.2. The molecule has 0 spiro atoms. The first kappa shape index (κ1) is 34.8. The van der Waals surface area contributed by atoms with Crippen molar-refractivity contribution < 1.29 is 37.3 Å². The summed E-state index contributed by atoms with van der Waals surface area (Å²) < 4.78 is 52.9. The normalized spacial score (nSPS) is 20.5. The first-order chi connectivity index (χ1) is 21.5. The van der Waals surface area contributed by atoms with Crippen molar-refractivity contribution in [2.45, 2.75) is 109 Å². The molecule has 2 amide bonds. The molecule has 1 N–H and O–H groups in total. The zero-order chi connectivity index (χ0) is 32.4. The van der Waals surface area contributed by atoms with Crippen LogP contribution in [0.2, 0.25) is 0 Å². The summed E-state index contributed by atoms with van der Waals surface area (Å²) in [6.45, 7) is 7.56. The lowest BCUT2D eigenvalue weighted by Crippen LogP contribution is -2.63. The van der Waals surface area contributed by atoms with E-state index in [2.05, 4.69) is 5.32 Å². The molecule has 2 fully saturated rings. The minimum atomic E-state index is -0.837. The summed E-state index contributed by atoms with van der Waals surface area (Å²) in [5, 5.41) is 2.91. The Morgan fingerprint density at radius 1 is 1.04 bits per heavy atom. The van der Waals surface area contributed by atoms with E-state index in [1.54, 1.807) is 25.7 Å². The van der Waals surface area contributed by atoms with Crippen LogP contribution in [0.15, 0.2) is 48.5 Å². The monoisotopic (exact) mass is 630 g/mol. The number of carbonyl (C=O) groups excluding carboxylic acids is 2. The molecule has 1 aliphatic carbocycles. The molecule has 0 aromatic heterocycles. The zero-order valence-electron chi connectivity index (χ0n) is 26.9. The van der Waals surface area contributed by atoms with E-state index >= 15 is 0 Å². The second kappa shape index (κ2) is 16.5. The fourth-order valence-electron chi connectivity index (χ4n) is 6.19. The fourth-order valence-corrected chi connectivity index (χ4v) is 6.19. The predicted molar refractivity (Wildman–Crippen MR) is 166 cm³/mol. The first-order valence-electron chi connectivity index (χ1n) is 16.1. The van der Waals surface area contributed by atoms with Crippen LogP contribution >= 0.6 is 0 Å². The van der Waals surface area contributed by atoms with Crippen LogP contribution in [-0.2, 0) is 36.8 Å². The maximum atomic E-state index is 14.2. The Morgan fingerprint density at radius 3 is 2.38 bits per heavy atom. The van der Waals surface area contributed by atoms with Crippen molar-refractivity contribution in [1.29, 1.82) is 0 Å². The third kappa shape index (κ3) is 11.3. The molecule has 2 aromatic rings. The molecule has 1 saturated heterocycles. The highest BCUT2D eigenvalue weighted by Crippen LogP contribution is 2.29. The summed E-state index contributed by atoms with van der Waals surface area (Å²) in [5.74, 6) is -1.05. The molecule has 248 valence electrons. The highest BCUT2D eigenvalue weighted by atomic mass is 19.1. The Balaban J connectivity index is 1.59. The molecular weight excluding hydrogens is 582 g/mol. The number of hydrogen-bond donors (Lipinski definition) is 1. The van der Waals surface area contributed by atoms with Gasteiger partial charge in [0.2, 0.25) is 5.91 Å². The topological polar surface area (TPSA) is 86.3 Å². The molecule has 4 atom stereocenters. The summed E-state index contributed by atoms with van der Waals surface area (Å²) in [7, 11) is 0. The van der Waals surface area contributed by atoms with Crippen molar-refractivity contribution in [3.8, 4) is 0 Å². The van der Waals surface area contributed by atoms with E-state index in [4.69, 9.17) is 18.9 Å². The van der Waals surface area contributed by atoms with Gasteiger partial charge in [-0.25, -0.2) is 13.6 Å². The summed E-state index contributed by atoms with van der Waals surface area (Å²) in [6.07, 6.45) is 5.15. The summed E-state index contributed by atoms with van der Waals surface area (Å²) in [4.78, 5) is 27.7. The molecule has 1 heterocycles. The van der Waals surface area contributed by atoms with Gasteiger partial charge in [-0.2, -0.15) is 0 Å². The Hall–Kier alpha value is -3.08. The van der Waals surface area contributed by atoms with Gasteiger partial charge in [0.25, 0.3) is 0 Å². The molecule has 2 aliphatic rings. The standard InChI is InChI=1S/C35H48F2N2O6/c1-24(40)38-30(19-27-17-28(36)20-29(37)18-27)33(44-22-26-13-6-5-7-14-26)31-23-43-32(21-39(31)34(41)45-35(2,3)4)42-16-10-15-25-11-8-9-12-25/h5-7,13-14,17-18,20,25,30-33H,8-12,15-16,19,21-23H2,1-4H3,(H,38,40). The van der Waals surface area contributed by atoms with E-state index in [1.165, 1.54) is 44.7 Å². The molecule has 1 saturated carbocycles. The van der Waals surface area contributed by atoms with Crippen LogP contribution in [0.1, 0.15) is 77.3 Å². The molecule has 0 radical (unpaired) electrons. The van der Waals surface area contributed by atoms with Crippen molar-refractivity contribution in [1.82, 2.24) is 10.2 Å². The van der Waals surface area contributed by atoms with E-state index in [9.17, 15) is 18.4 Å². The van der Waals surface area contributed by atoms with Crippen molar-refractivity contribution in [2.24, 2.45) is 5.92 Å². The van der Waals surface area contributed by atoms with Crippen LogP contribution in [0.4, 0.5) is 13.6 Å². The minimum Gasteiger partial charge on any atom is -0.444 e. The van der Waals surface area contributed by atoms with Gasteiger partial charge >= 0.3 is 6.09 Å². The van der Waals surface area contributed by atoms with Crippen LogP contribution in [0.3, 0.4) is 0 Å². The number of carbonyl (C=O) groups is 2. The second-order valence-electron chi connectivity index (χ2n) is 13.2. The van der Waals surface area contributed by atoms with Gasteiger partial charge in [-0.15, -0.1) is 0 Å². The lowest BCUT2D eigenvalue weighted by Gasteiger charge is -2.45. The minimum absolute atomic E-state index is 0.0413. The van der Waals surface area contributed by atoms with Gasteiger partial charge in [0.1, 0.15) is 23.3 Å². The molecular formula is C35H48F2N2O6. The van der Waals surface area contributed by atoms with Crippen molar-refractivity contribution >= 4 is 12.0 Å². The Kier molecular flexibility index (Phi) is 12.7. The SMILES string of the molecule is CC(=O)NC(Cc1cc(F)cc(F)c1)C(OCc1ccccc1)C1COC(OCCCC2CCCC2)CN1C(=O)OC(C)(C)C. The van der Waals surface area contributed by atoms with Gasteiger partial charge in [0.15, 0.2) is 6.29 Å². The largest absolute Gasteiger partial charge is 0.444 e. The van der Waals surface area contributed by atoms with Crippen LogP contribution in [0, 0.1) is 17.6 Å². The maximum Gasteiger partial charge on any atom is 0.410 e. The van der Waals surface area contributed by atoms with Gasteiger partial charge in [-0.3, -0.25) is 9.69 Å². The average molecular weight is 631 g/mol. The van der Waals surface area contributed by atoms with Gasteiger partial charge < -0.3 is 24.3 Å². The van der Waals surface area contributed by atoms with E-state index < -0.39 is 47.8 Å². The number of benzene rings is 2. The Bertz CT molecular complexity index is 1210. The van der Waals surface area contributed by atoms with Gasteiger partial charge in [0.05, 0.1) is 31.8 Å². The summed E-state index contributed by atoms with van der Waals surface area (Å²) in [5.41, 5.74) is 0.446. The number of amides is 2. The lowest BCUT2D eigenvalue weighted by molar-refractivity contribution is -0.208. The van der Waals surface area contributed by atoms with Gasteiger partial charge in [0, 0.05) is 19.6 Å². The van der Waals surface area contributed by atoms with Crippen LogP contribution < -0.4 is 5.32 Å². The van der Waals surface area contributed by atoms with Gasteiger partial charge in [-0.05, 0) is 69.2 Å². The van der Waals surface area contributed by atoms with E-state index in [-0.39, 0.29) is 32.1 Å². The van der Waals surface area contributed by atoms with Crippen molar-refractivity contribution in [3.63, 3.8) is 0 Å². The highest BCUT2D eigenvalue weighted by molar-refractivity contribution is 5.73. The Morgan fingerprint density at radius 2 is 1.73 bits per heavy atom. The number of hydrogen-bond acceptors (Lipinski definition) is 6. The highest BCUT2D eigenvalue weighted by Gasteiger charge is 2.43. The first-order valence-corrected chi connectivity index (χ1v) is 16.1. The number of ether oxygens (including phenoxy) is 4. The quantitative estimate of drug-likeness (QED) is 0.253. The van der Waals surface area contributed by atoms with Crippen LogP contribution in [0.5, 0.6) is 0 Å². The zero-order valence-corrected chi connectivity index (χ0v) is 26.9. The fraction of sp³-hybridized carbons (Fsp3) is 0.600. The Labute approximate surface area is 265 Å². The van der Waals surface area contributed by atoms with Crippen molar-refractivity contribution in [2.75, 3.05) is 19.8 Å².